The van der Waals surface area contributed by atoms with E-state index in [1.807, 2.05) is 46.3 Å². The Hall–Kier alpha value is -1.68. The first-order valence-corrected chi connectivity index (χ1v) is 6.00. The number of hydrogen-bond donors (Lipinski definition) is 1. The van der Waals surface area contributed by atoms with Crippen LogP contribution in [0.25, 0.3) is 11.1 Å². The van der Waals surface area contributed by atoms with E-state index in [4.69, 9.17) is 0 Å². The summed E-state index contributed by atoms with van der Waals surface area (Å²) in [5.74, 6) is -0.210. The van der Waals surface area contributed by atoms with E-state index in [9.17, 15) is 4.39 Å². The van der Waals surface area contributed by atoms with E-state index < -0.39 is 0 Å². The Morgan fingerprint density at radius 3 is 2.61 bits per heavy atom. The fourth-order valence-corrected chi connectivity index (χ4v) is 2.05. The van der Waals surface area contributed by atoms with Crippen molar-refractivity contribution in [2.24, 2.45) is 7.05 Å². The molecule has 0 saturated heterocycles. The third kappa shape index (κ3) is 2.29. The zero-order valence-electron chi connectivity index (χ0n) is 11.2. The number of aryl methyl sites for hydroxylation is 2. The predicted octanol–water partition coefficient (Wildman–Crippen LogP) is 2.82. The van der Waals surface area contributed by atoms with Crippen LogP contribution in [0.4, 0.5) is 4.39 Å². The van der Waals surface area contributed by atoms with Crippen LogP contribution in [0.5, 0.6) is 0 Å². The van der Waals surface area contributed by atoms with Gasteiger partial charge in [0, 0.05) is 30.4 Å². The molecule has 1 aromatic heterocycles. The quantitative estimate of drug-likeness (QED) is 0.904. The van der Waals surface area contributed by atoms with E-state index in [-0.39, 0.29) is 11.9 Å². The van der Waals surface area contributed by atoms with Crippen LogP contribution in [0, 0.1) is 12.7 Å². The summed E-state index contributed by atoms with van der Waals surface area (Å²) in [6.07, 6.45) is 1.85. The number of nitrogens with one attached hydrogen (secondary N) is 1. The van der Waals surface area contributed by atoms with Crippen molar-refractivity contribution < 1.29 is 4.39 Å². The molecular formula is C14H18FN3. The number of halogens is 1. The molecule has 0 spiro atoms. The first-order valence-electron chi connectivity index (χ1n) is 6.00. The van der Waals surface area contributed by atoms with Gasteiger partial charge >= 0.3 is 0 Å². The molecule has 0 aliphatic rings. The summed E-state index contributed by atoms with van der Waals surface area (Å²) in [5.41, 5.74) is 3.36. The van der Waals surface area contributed by atoms with Crippen molar-refractivity contribution in [1.29, 1.82) is 0 Å². The van der Waals surface area contributed by atoms with E-state index in [0.717, 1.165) is 16.8 Å². The molecule has 1 N–H and O–H groups in total. The van der Waals surface area contributed by atoms with Gasteiger partial charge < -0.3 is 5.32 Å². The van der Waals surface area contributed by atoms with Crippen LogP contribution in [0.2, 0.25) is 0 Å². The standard InChI is InChI=1S/C14H18FN3/c1-9(16-3)11-5-6-14(15)12(7-11)13-8-18(4)17-10(13)2/h5-9,16H,1-4H3. The van der Waals surface area contributed by atoms with Gasteiger partial charge in [0.25, 0.3) is 0 Å². The monoisotopic (exact) mass is 247 g/mol. The molecule has 18 heavy (non-hydrogen) atoms. The second kappa shape index (κ2) is 4.90. The number of hydrogen-bond acceptors (Lipinski definition) is 2. The van der Waals surface area contributed by atoms with Gasteiger partial charge in [-0.2, -0.15) is 5.10 Å². The predicted molar refractivity (Wildman–Crippen MR) is 70.8 cm³/mol. The first kappa shape index (κ1) is 12.8. The van der Waals surface area contributed by atoms with Crippen LogP contribution in [0.3, 0.4) is 0 Å². The van der Waals surface area contributed by atoms with Gasteiger partial charge in [-0.15, -0.1) is 0 Å². The molecule has 0 fully saturated rings. The third-order valence-electron chi connectivity index (χ3n) is 3.23. The Morgan fingerprint density at radius 2 is 2.06 bits per heavy atom. The van der Waals surface area contributed by atoms with Crippen LogP contribution < -0.4 is 5.32 Å². The lowest BCUT2D eigenvalue weighted by atomic mass is 10.00. The molecule has 1 unspecified atom stereocenters. The highest BCUT2D eigenvalue weighted by molar-refractivity contribution is 5.66. The van der Waals surface area contributed by atoms with Crippen molar-refractivity contribution in [3.8, 4) is 11.1 Å². The second-order valence-electron chi connectivity index (χ2n) is 4.55. The van der Waals surface area contributed by atoms with Crippen molar-refractivity contribution >= 4 is 0 Å². The summed E-state index contributed by atoms with van der Waals surface area (Å²) in [7, 11) is 3.73. The van der Waals surface area contributed by atoms with E-state index in [0.29, 0.717) is 5.56 Å². The summed E-state index contributed by atoms with van der Waals surface area (Å²) in [6, 6.07) is 5.42. The van der Waals surface area contributed by atoms with Gasteiger partial charge in [-0.1, -0.05) is 6.07 Å². The number of rotatable bonds is 3. The van der Waals surface area contributed by atoms with Gasteiger partial charge in [0.15, 0.2) is 0 Å². The maximum atomic E-state index is 14.0. The Kier molecular flexibility index (Phi) is 3.48. The maximum Gasteiger partial charge on any atom is 0.131 e. The average Bonchev–Trinajstić information content (AvgIpc) is 2.68. The highest BCUT2D eigenvalue weighted by Crippen LogP contribution is 2.28. The minimum absolute atomic E-state index is 0.196. The summed E-state index contributed by atoms with van der Waals surface area (Å²) in [6.45, 7) is 3.94. The Balaban J connectivity index is 2.53. The topological polar surface area (TPSA) is 29.9 Å². The SMILES string of the molecule is CNC(C)c1ccc(F)c(-c2cn(C)nc2C)c1. The molecule has 4 heteroatoms. The number of benzene rings is 1. The Labute approximate surface area is 107 Å². The van der Waals surface area contributed by atoms with Crippen LogP contribution >= 0.6 is 0 Å². The lowest BCUT2D eigenvalue weighted by Gasteiger charge is -2.12. The zero-order chi connectivity index (χ0) is 13.3. The lowest BCUT2D eigenvalue weighted by Crippen LogP contribution is -2.12. The molecule has 0 saturated carbocycles. The zero-order valence-corrected chi connectivity index (χ0v) is 11.2. The van der Waals surface area contributed by atoms with Crippen molar-refractivity contribution in [2.75, 3.05) is 7.05 Å². The smallest absolute Gasteiger partial charge is 0.131 e. The largest absolute Gasteiger partial charge is 0.313 e. The van der Waals surface area contributed by atoms with Crippen molar-refractivity contribution in [3.05, 3.63) is 41.5 Å². The fraction of sp³-hybridized carbons (Fsp3) is 0.357. The molecule has 96 valence electrons. The lowest BCUT2D eigenvalue weighted by molar-refractivity contribution is 0.622. The van der Waals surface area contributed by atoms with Gasteiger partial charge in [-0.3, -0.25) is 4.68 Å². The van der Waals surface area contributed by atoms with Crippen molar-refractivity contribution in [3.63, 3.8) is 0 Å². The van der Waals surface area contributed by atoms with Crippen LogP contribution in [0.1, 0.15) is 24.2 Å². The minimum Gasteiger partial charge on any atom is -0.313 e. The van der Waals surface area contributed by atoms with E-state index in [1.54, 1.807) is 4.68 Å². The van der Waals surface area contributed by atoms with E-state index in [2.05, 4.69) is 10.4 Å². The molecule has 1 atom stereocenters. The average molecular weight is 247 g/mol. The molecule has 2 aromatic rings. The summed E-state index contributed by atoms with van der Waals surface area (Å²) in [5, 5.41) is 7.41. The minimum atomic E-state index is -0.210. The molecule has 0 amide bonds. The van der Waals surface area contributed by atoms with Crippen LogP contribution in [-0.4, -0.2) is 16.8 Å². The van der Waals surface area contributed by atoms with Crippen molar-refractivity contribution in [2.45, 2.75) is 19.9 Å². The number of nitrogens with zero attached hydrogens (tertiary/aromatic N) is 2. The molecule has 0 aliphatic heterocycles. The third-order valence-corrected chi connectivity index (χ3v) is 3.23. The Bertz CT molecular complexity index is 560. The van der Waals surface area contributed by atoms with E-state index >= 15 is 0 Å². The van der Waals surface area contributed by atoms with Gasteiger partial charge in [-0.05, 0) is 38.6 Å². The molecule has 1 heterocycles. The molecule has 3 nitrogen and oxygen atoms in total. The molecule has 0 aliphatic carbocycles. The molecule has 0 bridgehead atoms. The molecule has 1 aromatic carbocycles. The molecule has 2 rings (SSSR count). The summed E-state index contributed by atoms with van der Waals surface area (Å²) >= 11 is 0. The fourth-order valence-electron chi connectivity index (χ4n) is 2.05. The van der Waals surface area contributed by atoms with Gasteiger partial charge in [-0.25, -0.2) is 4.39 Å². The summed E-state index contributed by atoms with van der Waals surface area (Å²) in [4.78, 5) is 0. The van der Waals surface area contributed by atoms with E-state index in [1.165, 1.54) is 6.07 Å². The number of aromatic nitrogens is 2. The molecule has 0 radical (unpaired) electrons. The highest BCUT2D eigenvalue weighted by atomic mass is 19.1. The van der Waals surface area contributed by atoms with Gasteiger partial charge in [0.05, 0.1) is 5.69 Å². The van der Waals surface area contributed by atoms with Crippen molar-refractivity contribution in [1.82, 2.24) is 15.1 Å². The van der Waals surface area contributed by atoms with Gasteiger partial charge in [0.1, 0.15) is 5.82 Å². The summed E-state index contributed by atoms with van der Waals surface area (Å²) < 4.78 is 15.7. The first-order chi connectivity index (χ1) is 8.52. The highest BCUT2D eigenvalue weighted by Gasteiger charge is 2.13. The normalized spacial score (nSPS) is 12.7. The van der Waals surface area contributed by atoms with Crippen LogP contribution in [0.15, 0.2) is 24.4 Å². The maximum absolute atomic E-state index is 14.0. The van der Waals surface area contributed by atoms with Gasteiger partial charge in [0.2, 0.25) is 0 Å². The van der Waals surface area contributed by atoms with Crippen LogP contribution in [-0.2, 0) is 7.05 Å². The molecular weight excluding hydrogens is 229 g/mol. The second-order valence-corrected chi connectivity index (χ2v) is 4.55. The Morgan fingerprint density at radius 1 is 1.33 bits per heavy atom.